The second-order valence-electron chi connectivity index (χ2n) is 3.67. The van der Waals surface area contributed by atoms with Crippen LogP contribution >= 0.6 is 0 Å². The standard InChI is InChI=1S/C12H20N4/c1-3-15-12(14)16-11-5-4-10(6-7-13)8-9(11)2/h4-5,8H,3,6-7,13H2,1-2H3,(H3,14,15,16). The zero-order valence-corrected chi connectivity index (χ0v) is 9.96. The highest BCUT2D eigenvalue weighted by molar-refractivity contribution is 5.92. The molecule has 4 heteroatoms. The number of guanidine groups is 1. The van der Waals surface area contributed by atoms with Crippen LogP contribution in [0, 0.1) is 6.92 Å². The molecule has 5 N–H and O–H groups in total. The largest absolute Gasteiger partial charge is 0.370 e. The van der Waals surface area contributed by atoms with Gasteiger partial charge < -0.3 is 16.8 Å². The molecule has 0 fully saturated rings. The van der Waals surface area contributed by atoms with Gasteiger partial charge in [-0.25, -0.2) is 0 Å². The summed E-state index contributed by atoms with van der Waals surface area (Å²) >= 11 is 0. The molecule has 0 saturated heterocycles. The van der Waals surface area contributed by atoms with Gasteiger partial charge in [-0.15, -0.1) is 0 Å². The van der Waals surface area contributed by atoms with Crippen LogP contribution in [0.5, 0.6) is 0 Å². The minimum absolute atomic E-state index is 0.456. The summed E-state index contributed by atoms with van der Waals surface area (Å²) in [4.78, 5) is 4.08. The van der Waals surface area contributed by atoms with Crippen LogP contribution in [-0.4, -0.2) is 19.0 Å². The quantitative estimate of drug-likeness (QED) is 0.528. The third-order valence-corrected chi connectivity index (χ3v) is 2.32. The molecule has 0 saturated carbocycles. The predicted molar refractivity (Wildman–Crippen MR) is 69.7 cm³/mol. The molecule has 0 heterocycles. The van der Waals surface area contributed by atoms with E-state index in [-0.39, 0.29) is 0 Å². The fourth-order valence-electron chi connectivity index (χ4n) is 1.54. The normalized spacial score (nSPS) is 11.6. The van der Waals surface area contributed by atoms with Crippen LogP contribution in [0.15, 0.2) is 23.2 Å². The third-order valence-electron chi connectivity index (χ3n) is 2.32. The van der Waals surface area contributed by atoms with Gasteiger partial charge in [0, 0.05) is 12.2 Å². The summed E-state index contributed by atoms with van der Waals surface area (Å²) in [7, 11) is 0. The fraction of sp³-hybridized carbons (Fsp3) is 0.417. The van der Waals surface area contributed by atoms with Crippen LogP contribution < -0.4 is 16.8 Å². The molecule has 0 aliphatic heterocycles. The van der Waals surface area contributed by atoms with Crippen molar-refractivity contribution in [3.8, 4) is 0 Å². The Hall–Kier alpha value is -1.55. The number of nitrogens with two attached hydrogens (primary N) is 2. The van der Waals surface area contributed by atoms with Crippen molar-refractivity contribution in [3.63, 3.8) is 0 Å². The average molecular weight is 220 g/mol. The van der Waals surface area contributed by atoms with E-state index in [1.54, 1.807) is 0 Å². The Morgan fingerprint density at radius 3 is 2.75 bits per heavy atom. The van der Waals surface area contributed by atoms with Crippen LogP contribution in [0.1, 0.15) is 18.1 Å². The number of hydrogen-bond acceptors (Lipinski definition) is 2. The van der Waals surface area contributed by atoms with Gasteiger partial charge in [-0.05, 0) is 44.0 Å². The lowest BCUT2D eigenvalue weighted by molar-refractivity contribution is 0.967. The molecular formula is C12H20N4. The van der Waals surface area contributed by atoms with Gasteiger partial charge in [0.15, 0.2) is 5.96 Å². The molecule has 1 aromatic rings. The molecule has 0 aromatic heterocycles. The van der Waals surface area contributed by atoms with Gasteiger partial charge in [-0.2, -0.15) is 0 Å². The van der Waals surface area contributed by atoms with E-state index in [1.165, 1.54) is 5.56 Å². The third kappa shape index (κ3) is 3.55. The summed E-state index contributed by atoms with van der Waals surface area (Å²) in [6.45, 7) is 5.35. The molecule has 0 aliphatic rings. The summed E-state index contributed by atoms with van der Waals surface area (Å²) in [6.07, 6.45) is 0.902. The van der Waals surface area contributed by atoms with E-state index in [0.29, 0.717) is 19.0 Å². The minimum atomic E-state index is 0.456. The Bertz CT molecular complexity index is 371. The van der Waals surface area contributed by atoms with Crippen LogP contribution in [0.3, 0.4) is 0 Å². The molecule has 88 valence electrons. The van der Waals surface area contributed by atoms with E-state index in [1.807, 2.05) is 19.9 Å². The van der Waals surface area contributed by atoms with Crippen molar-refractivity contribution in [2.24, 2.45) is 16.5 Å². The van der Waals surface area contributed by atoms with Crippen molar-refractivity contribution < 1.29 is 0 Å². The summed E-state index contributed by atoms with van der Waals surface area (Å²) in [5.41, 5.74) is 14.6. The number of anilines is 1. The second kappa shape index (κ2) is 6.12. The van der Waals surface area contributed by atoms with Gasteiger partial charge in [0.2, 0.25) is 0 Å². The first-order valence-electron chi connectivity index (χ1n) is 5.54. The van der Waals surface area contributed by atoms with Crippen molar-refractivity contribution >= 4 is 11.6 Å². The molecular weight excluding hydrogens is 200 g/mol. The van der Waals surface area contributed by atoms with Gasteiger partial charge in [0.25, 0.3) is 0 Å². The highest BCUT2D eigenvalue weighted by atomic mass is 15.1. The highest BCUT2D eigenvalue weighted by Gasteiger charge is 2.00. The number of rotatable bonds is 4. The minimum Gasteiger partial charge on any atom is -0.370 e. The van der Waals surface area contributed by atoms with Crippen molar-refractivity contribution in [1.82, 2.24) is 0 Å². The Kier molecular flexibility index (Phi) is 4.79. The van der Waals surface area contributed by atoms with Gasteiger partial charge in [0.1, 0.15) is 0 Å². The van der Waals surface area contributed by atoms with Crippen molar-refractivity contribution in [3.05, 3.63) is 29.3 Å². The van der Waals surface area contributed by atoms with Crippen molar-refractivity contribution in [1.29, 1.82) is 0 Å². The molecule has 1 aromatic carbocycles. The first kappa shape index (κ1) is 12.5. The van der Waals surface area contributed by atoms with Crippen LogP contribution in [-0.2, 0) is 6.42 Å². The molecule has 0 amide bonds. The maximum atomic E-state index is 5.70. The summed E-state index contributed by atoms with van der Waals surface area (Å²) in [6, 6.07) is 6.19. The summed E-state index contributed by atoms with van der Waals surface area (Å²) in [5, 5.41) is 3.08. The summed E-state index contributed by atoms with van der Waals surface area (Å²) in [5.74, 6) is 0.456. The second-order valence-corrected chi connectivity index (χ2v) is 3.67. The van der Waals surface area contributed by atoms with Gasteiger partial charge in [-0.1, -0.05) is 12.1 Å². The molecule has 4 nitrogen and oxygen atoms in total. The van der Waals surface area contributed by atoms with Crippen molar-refractivity contribution in [2.75, 3.05) is 18.4 Å². The number of aryl methyl sites for hydroxylation is 1. The number of nitrogens with zero attached hydrogens (tertiary/aromatic N) is 1. The van der Waals surface area contributed by atoms with E-state index in [2.05, 4.69) is 22.4 Å². The molecule has 0 atom stereocenters. The number of aliphatic imine (C=N–C) groups is 1. The fourth-order valence-corrected chi connectivity index (χ4v) is 1.54. The lowest BCUT2D eigenvalue weighted by atomic mass is 10.1. The van der Waals surface area contributed by atoms with E-state index in [9.17, 15) is 0 Å². The van der Waals surface area contributed by atoms with E-state index in [4.69, 9.17) is 11.5 Å². The maximum Gasteiger partial charge on any atom is 0.193 e. The van der Waals surface area contributed by atoms with Gasteiger partial charge in [0.05, 0.1) is 0 Å². The Morgan fingerprint density at radius 1 is 1.44 bits per heavy atom. The number of nitrogens with one attached hydrogen (secondary N) is 1. The molecule has 0 bridgehead atoms. The number of hydrogen-bond donors (Lipinski definition) is 3. The maximum absolute atomic E-state index is 5.70. The average Bonchev–Trinajstić information content (AvgIpc) is 2.23. The monoisotopic (exact) mass is 220 g/mol. The topological polar surface area (TPSA) is 76.4 Å². The van der Waals surface area contributed by atoms with Gasteiger partial charge >= 0.3 is 0 Å². The number of benzene rings is 1. The Labute approximate surface area is 96.7 Å². The molecule has 0 radical (unpaired) electrons. The summed E-state index contributed by atoms with van der Waals surface area (Å²) < 4.78 is 0. The van der Waals surface area contributed by atoms with Crippen LogP contribution in [0.4, 0.5) is 5.69 Å². The SMILES string of the molecule is CCN=C(N)Nc1ccc(CCN)cc1C. The van der Waals surface area contributed by atoms with E-state index >= 15 is 0 Å². The molecule has 1 rings (SSSR count). The smallest absolute Gasteiger partial charge is 0.193 e. The first-order chi connectivity index (χ1) is 7.67. The Morgan fingerprint density at radius 2 is 2.19 bits per heavy atom. The zero-order valence-electron chi connectivity index (χ0n) is 9.96. The highest BCUT2D eigenvalue weighted by Crippen LogP contribution is 2.16. The van der Waals surface area contributed by atoms with Crippen LogP contribution in [0.25, 0.3) is 0 Å². The van der Waals surface area contributed by atoms with Crippen LogP contribution in [0.2, 0.25) is 0 Å². The molecule has 0 aliphatic carbocycles. The first-order valence-corrected chi connectivity index (χ1v) is 5.54. The van der Waals surface area contributed by atoms with Gasteiger partial charge in [-0.3, -0.25) is 4.99 Å². The zero-order chi connectivity index (χ0) is 12.0. The molecule has 16 heavy (non-hydrogen) atoms. The van der Waals surface area contributed by atoms with E-state index < -0.39 is 0 Å². The molecule has 0 spiro atoms. The Balaban J connectivity index is 2.78. The predicted octanol–water partition coefficient (Wildman–Crippen LogP) is 1.24. The van der Waals surface area contributed by atoms with Crippen molar-refractivity contribution in [2.45, 2.75) is 20.3 Å². The van der Waals surface area contributed by atoms with E-state index in [0.717, 1.165) is 17.7 Å². The lowest BCUT2D eigenvalue weighted by Gasteiger charge is -2.10. The lowest BCUT2D eigenvalue weighted by Crippen LogP contribution is -2.23. The molecule has 0 unspecified atom stereocenters.